The smallest absolute Gasteiger partial charge is 0.253 e. The predicted molar refractivity (Wildman–Crippen MR) is 134 cm³/mol. The first-order chi connectivity index (χ1) is 15.4. The zero-order valence-electron chi connectivity index (χ0n) is 19.2. The summed E-state index contributed by atoms with van der Waals surface area (Å²) < 4.78 is 2.33. The molecule has 0 unspecified atom stereocenters. The second kappa shape index (κ2) is 10.2. The molecule has 0 spiro atoms. The Balaban J connectivity index is 1.70. The van der Waals surface area contributed by atoms with Crippen LogP contribution in [0, 0.1) is 18.8 Å². The number of nitrogens with zero attached hydrogens (tertiary/aromatic N) is 2. The average molecular weight is 470 g/mol. The lowest BCUT2D eigenvalue weighted by Gasteiger charge is -2.24. The minimum absolute atomic E-state index is 0.00130. The van der Waals surface area contributed by atoms with Crippen LogP contribution in [0.4, 0.5) is 0 Å². The van der Waals surface area contributed by atoms with E-state index in [2.05, 4.69) is 36.0 Å². The quantitative estimate of drug-likeness (QED) is 0.397. The molecule has 1 amide bonds. The van der Waals surface area contributed by atoms with Gasteiger partial charge in [0.1, 0.15) is 5.01 Å². The Morgan fingerprint density at radius 2 is 2.00 bits per heavy atom. The van der Waals surface area contributed by atoms with E-state index in [9.17, 15) is 4.79 Å². The van der Waals surface area contributed by atoms with E-state index in [0.717, 1.165) is 39.8 Å². The first-order valence-corrected chi connectivity index (χ1v) is 12.9. The van der Waals surface area contributed by atoms with Gasteiger partial charge < -0.3 is 9.88 Å². The van der Waals surface area contributed by atoms with Crippen LogP contribution in [0.25, 0.3) is 22.0 Å². The highest BCUT2D eigenvalue weighted by atomic mass is 35.5. The highest BCUT2D eigenvalue weighted by molar-refractivity contribution is 7.13. The third-order valence-electron chi connectivity index (χ3n) is 6.32. The maximum Gasteiger partial charge on any atom is 0.253 e. The van der Waals surface area contributed by atoms with Crippen molar-refractivity contribution in [2.75, 3.05) is 6.54 Å². The standard InChI is InChI=1S/C26H32ClN3OS/c1-17(2)14-28-25(31)21-13-24(30(18(21)3)15-19-9-5-4-6-10-19)23-16-32-26(29-23)20-11-7-8-12-22(20)27/h7-8,11-13,16-17,19H,4-6,9-10,14-15H2,1-3H3,(H,28,31). The third kappa shape index (κ3) is 5.10. The number of aromatic nitrogens is 2. The molecule has 1 saturated carbocycles. The lowest BCUT2D eigenvalue weighted by molar-refractivity contribution is 0.0948. The van der Waals surface area contributed by atoms with Crippen molar-refractivity contribution in [3.8, 4) is 22.0 Å². The molecule has 4 rings (SSSR count). The highest BCUT2D eigenvalue weighted by Gasteiger charge is 2.23. The van der Waals surface area contributed by atoms with E-state index in [0.29, 0.717) is 23.4 Å². The molecule has 2 heterocycles. The van der Waals surface area contributed by atoms with E-state index in [1.807, 2.05) is 30.3 Å². The molecule has 0 saturated heterocycles. The summed E-state index contributed by atoms with van der Waals surface area (Å²) >= 11 is 8.01. The number of thiazole rings is 1. The minimum Gasteiger partial charge on any atom is -0.352 e. The summed E-state index contributed by atoms with van der Waals surface area (Å²) in [5, 5.41) is 6.78. The van der Waals surface area contributed by atoms with E-state index in [4.69, 9.17) is 16.6 Å². The number of nitrogens with one attached hydrogen (secondary N) is 1. The summed E-state index contributed by atoms with van der Waals surface area (Å²) in [6.07, 6.45) is 6.46. The molecule has 1 aromatic carbocycles. The fourth-order valence-electron chi connectivity index (χ4n) is 4.49. The maximum atomic E-state index is 13.0. The van der Waals surface area contributed by atoms with Gasteiger partial charge in [-0.1, -0.05) is 62.9 Å². The van der Waals surface area contributed by atoms with Gasteiger partial charge in [-0.25, -0.2) is 4.98 Å². The van der Waals surface area contributed by atoms with Crippen LogP contribution in [0.5, 0.6) is 0 Å². The number of carbonyl (C=O) groups is 1. The Labute approximate surface area is 200 Å². The molecule has 0 aliphatic heterocycles. The van der Waals surface area contributed by atoms with Crippen LogP contribution in [-0.4, -0.2) is 22.0 Å². The van der Waals surface area contributed by atoms with Crippen molar-refractivity contribution in [2.45, 2.75) is 59.4 Å². The summed E-state index contributed by atoms with van der Waals surface area (Å²) in [6, 6.07) is 9.84. The molecule has 1 aliphatic rings. The maximum absolute atomic E-state index is 13.0. The lowest BCUT2D eigenvalue weighted by atomic mass is 9.89. The van der Waals surface area contributed by atoms with Crippen LogP contribution in [0.3, 0.4) is 0 Å². The Morgan fingerprint density at radius 1 is 1.25 bits per heavy atom. The lowest BCUT2D eigenvalue weighted by Crippen LogP contribution is -2.27. The molecular formula is C26H32ClN3OS. The zero-order chi connectivity index (χ0) is 22.7. The van der Waals surface area contributed by atoms with Gasteiger partial charge in [0.05, 0.1) is 22.0 Å². The second-order valence-corrected chi connectivity index (χ2v) is 10.5. The number of hydrogen-bond donors (Lipinski definition) is 1. The first kappa shape index (κ1) is 23.1. The van der Waals surface area contributed by atoms with Crippen molar-refractivity contribution in [1.82, 2.24) is 14.9 Å². The van der Waals surface area contributed by atoms with Gasteiger partial charge in [0, 0.05) is 29.7 Å². The van der Waals surface area contributed by atoms with Gasteiger partial charge in [-0.3, -0.25) is 4.79 Å². The fourth-order valence-corrected chi connectivity index (χ4v) is 5.63. The molecule has 32 heavy (non-hydrogen) atoms. The molecule has 0 atom stereocenters. The molecular weight excluding hydrogens is 438 g/mol. The van der Waals surface area contributed by atoms with Crippen LogP contribution >= 0.6 is 22.9 Å². The molecule has 1 N–H and O–H groups in total. The van der Waals surface area contributed by atoms with Crippen molar-refractivity contribution in [2.24, 2.45) is 11.8 Å². The fraction of sp³-hybridized carbons (Fsp3) is 0.462. The molecule has 170 valence electrons. The highest BCUT2D eigenvalue weighted by Crippen LogP contribution is 2.35. The Morgan fingerprint density at radius 3 is 2.72 bits per heavy atom. The molecule has 3 aromatic rings. The van der Waals surface area contributed by atoms with Crippen LogP contribution < -0.4 is 5.32 Å². The summed E-state index contributed by atoms with van der Waals surface area (Å²) in [4.78, 5) is 17.9. The molecule has 1 fully saturated rings. The van der Waals surface area contributed by atoms with E-state index >= 15 is 0 Å². The van der Waals surface area contributed by atoms with Crippen LogP contribution in [0.15, 0.2) is 35.7 Å². The van der Waals surface area contributed by atoms with Gasteiger partial charge in [-0.05, 0) is 43.7 Å². The van der Waals surface area contributed by atoms with E-state index < -0.39 is 0 Å². The molecule has 0 bridgehead atoms. The zero-order valence-corrected chi connectivity index (χ0v) is 20.7. The second-order valence-electron chi connectivity index (χ2n) is 9.26. The monoisotopic (exact) mass is 469 g/mol. The Bertz CT molecular complexity index is 1080. The topological polar surface area (TPSA) is 46.9 Å². The minimum atomic E-state index is 0.00130. The van der Waals surface area contributed by atoms with Crippen molar-refractivity contribution in [1.29, 1.82) is 0 Å². The van der Waals surface area contributed by atoms with Crippen LogP contribution in [-0.2, 0) is 6.54 Å². The van der Waals surface area contributed by atoms with Crippen molar-refractivity contribution < 1.29 is 4.79 Å². The van der Waals surface area contributed by atoms with E-state index in [1.54, 1.807) is 11.3 Å². The van der Waals surface area contributed by atoms with Gasteiger partial charge in [-0.15, -0.1) is 11.3 Å². The molecule has 4 nitrogen and oxygen atoms in total. The van der Waals surface area contributed by atoms with Crippen LogP contribution in [0.2, 0.25) is 5.02 Å². The first-order valence-electron chi connectivity index (χ1n) is 11.6. The number of halogens is 1. The number of rotatable bonds is 7. The van der Waals surface area contributed by atoms with Crippen molar-refractivity contribution >= 4 is 28.8 Å². The third-order valence-corrected chi connectivity index (χ3v) is 7.52. The number of hydrogen-bond acceptors (Lipinski definition) is 3. The normalized spacial score (nSPS) is 14.8. The summed E-state index contributed by atoms with van der Waals surface area (Å²) in [5.41, 5.74) is 4.66. The number of carbonyl (C=O) groups excluding carboxylic acids is 1. The molecule has 1 aliphatic carbocycles. The van der Waals surface area contributed by atoms with E-state index in [-0.39, 0.29) is 5.91 Å². The van der Waals surface area contributed by atoms with Gasteiger partial charge in [0.25, 0.3) is 5.91 Å². The summed E-state index contributed by atoms with van der Waals surface area (Å²) in [5.74, 6) is 1.07. The van der Waals surface area contributed by atoms with Crippen LogP contribution in [0.1, 0.15) is 62.0 Å². The molecule has 0 radical (unpaired) electrons. The SMILES string of the molecule is Cc1c(C(=O)NCC(C)C)cc(-c2csc(-c3ccccc3Cl)n2)n1CC1CCCCC1. The molecule has 6 heteroatoms. The van der Waals surface area contributed by atoms with Gasteiger partial charge in [0.15, 0.2) is 0 Å². The summed E-state index contributed by atoms with van der Waals surface area (Å²) in [6.45, 7) is 7.90. The predicted octanol–water partition coefficient (Wildman–Crippen LogP) is 7.21. The summed E-state index contributed by atoms with van der Waals surface area (Å²) in [7, 11) is 0. The average Bonchev–Trinajstić information content (AvgIpc) is 3.39. The Kier molecular flexibility index (Phi) is 7.37. The van der Waals surface area contributed by atoms with Gasteiger partial charge in [-0.2, -0.15) is 0 Å². The van der Waals surface area contributed by atoms with E-state index in [1.165, 1.54) is 32.1 Å². The molecule has 2 aromatic heterocycles. The largest absolute Gasteiger partial charge is 0.352 e. The van der Waals surface area contributed by atoms with Crippen molar-refractivity contribution in [3.63, 3.8) is 0 Å². The van der Waals surface area contributed by atoms with Gasteiger partial charge in [0.2, 0.25) is 0 Å². The number of benzene rings is 1. The van der Waals surface area contributed by atoms with Gasteiger partial charge >= 0.3 is 0 Å². The number of amides is 1. The Hall–Kier alpha value is -2.11. The van der Waals surface area contributed by atoms with Crippen molar-refractivity contribution in [3.05, 3.63) is 52.0 Å².